The van der Waals surface area contributed by atoms with Gasteiger partial charge in [0.25, 0.3) is 5.91 Å². The van der Waals surface area contributed by atoms with Crippen molar-refractivity contribution in [3.05, 3.63) is 101 Å². The zero-order chi connectivity index (χ0) is 22.5. The van der Waals surface area contributed by atoms with Gasteiger partial charge in [-0.1, -0.05) is 91.9 Å². The normalized spacial score (nSPS) is 10.8. The lowest BCUT2D eigenvalue weighted by molar-refractivity contribution is 0.102. The molecule has 160 valence electrons. The van der Waals surface area contributed by atoms with Crippen molar-refractivity contribution in [2.45, 2.75) is 24.0 Å². The minimum Gasteiger partial charge on any atom is -0.298 e. The van der Waals surface area contributed by atoms with Gasteiger partial charge in [0.1, 0.15) is 4.88 Å². The van der Waals surface area contributed by atoms with Crippen LogP contribution in [0.15, 0.2) is 89.8 Å². The third-order valence-corrected chi connectivity index (χ3v) is 6.57. The summed E-state index contributed by atoms with van der Waals surface area (Å²) in [6, 6.07) is 26.2. The van der Waals surface area contributed by atoms with E-state index in [2.05, 4.69) is 24.1 Å². The quantitative estimate of drug-likeness (QED) is 0.245. The van der Waals surface area contributed by atoms with E-state index in [1.807, 2.05) is 66.7 Å². The highest BCUT2D eigenvalue weighted by atomic mass is 32.2. The number of nitrogens with one attached hydrogen (secondary N) is 1. The van der Waals surface area contributed by atoms with Gasteiger partial charge in [-0.25, -0.2) is 4.98 Å². The summed E-state index contributed by atoms with van der Waals surface area (Å²) in [7, 11) is 0. The monoisotopic (exact) mass is 458 g/mol. The van der Waals surface area contributed by atoms with Gasteiger partial charge >= 0.3 is 0 Å². The highest BCUT2D eigenvalue weighted by Crippen LogP contribution is 2.33. The number of rotatable bonds is 7. The maximum absolute atomic E-state index is 13.2. The predicted octanol–water partition coefficient (Wildman–Crippen LogP) is 6.79. The van der Waals surface area contributed by atoms with Crippen LogP contribution in [-0.2, 0) is 0 Å². The Morgan fingerprint density at radius 2 is 1.53 bits per heavy atom. The van der Waals surface area contributed by atoms with Crippen LogP contribution in [0.3, 0.4) is 0 Å². The van der Waals surface area contributed by atoms with E-state index in [-0.39, 0.29) is 11.7 Å². The molecule has 0 atom stereocenters. The smallest absolute Gasteiger partial charge is 0.257 e. The molecule has 0 unspecified atom stereocenters. The van der Waals surface area contributed by atoms with Gasteiger partial charge in [-0.3, -0.25) is 14.9 Å². The third kappa shape index (κ3) is 5.15. The summed E-state index contributed by atoms with van der Waals surface area (Å²) in [4.78, 5) is 32.3. The topological polar surface area (TPSA) is 59.1 Å². The molecule has 0 aliphatic heterocycles. The second-order valence-electron chi connectivity index (χ2n) is 7.41. The first-order valence-electron chi connectivity index (χ1n) is 10.3. The first kappa shape index (κ1) is 22.0. The minimum atomic E-state index is -0.247. The lowest BCUT2D eigenvalue weighted by Gasteiger charge is -2.07. The number of ketones is 1. The molecule has 0 spiro atoms. The maximum Gasteiger partial charge on any atom is 0.257 e. The summed E-state index contributed by atoms with van der Waals surface area (Å²) >= 11 is 2.90. The van der Waals surface area contributed by atoms with E-state index in [1.54, 1.807) is 30.0 Å². The molecule has 0 bridgehead atoms. The number of carbonyl (C=O) groups excluding carboxylic acids is 2. The van der Waals surface area contributed by atoms with Crippen LogP contribution in [0.1, 0.15) is 39.4 Å². The summed E-state index contributed by atoms with van der Waals surface area (Å²) < 4.78 is 0. The largest absolute Gasteiger partial charge is 0.298 e. The molecule has 1 heterocycles. The number of hydrogen-bond donors (Lipinski definition) is 1. The van der Waals surface area contributed by atoms with E-state index >= 15 is 0 Å². The Kier molecular flexibility index (Phi) is 6.83. The number of nitrogens with zero attached hydrogens (tertiary/aromatic N) is 1. The molecular weight excluding hydrogens is 436 g/mol. The molecule has 32 heavy (non-hydrogen) atoms. The fourth-order valence-electron chi connectivity index (χ4n) is 3.19. The van der Waals surface area contributed by atoms with Gasteiger partial charge in [-0.2, -0.15) is 0 Å². The standard InChI is InChI=1S/C26H22N2O2S2/c1-17(2)31-21-15-9-14-20(16-21)25(30)28-26-27-22(18-10-5-3-6-11-18)24(32-26)23(29)19-12-7-4-8-13-19/h3-17H,1-2H3,(H,27,28,30). The van der Waals surface area contributed by atoms with Crippen molar-refractivity contribution in [1.29, 1.82) is 0 Å². The second-order valence-corrected chi connectivity index (χ2v) is 10.1. The van der Waals surface area contributed by atoms with Gasteiger partial charge in [0, 0.05) is 26.8 Å². The molecule has 1 aromatic heterocycles. The summed E-state index contributed by atoms with van der Waals surface area (Å²) in [5.41, 5.74) is 2.55. The molecule has 1 amide bonds. The molecular formula is C26H22N2O2S2. The lowest BCUT2D eigenvalue weighted by atomic mass is 10.1. The van der Waals surface area contributed by atoms with E-state index < -0.39 is 0 Å². The molecule has 0 radical (unpaired) electrons. The zero-order valence-corrected chi connectivity index (χ0v) is 19.4. The van der Waals surface area contributed by atoms with Crippen molar-refractivity contribution < 1.29 is 9.59 Å². The summed E-state index contributed by atoms with van der Waals surface area (Å²) in [5, 5.41) is 3.70. The summed E-state index contributed by atoms with van der Waals surface area (Å²) in [6.45, 7) is 4.23. The number of thioether (sulfide) groups is 1. The van der Waals surface area contributed by atoms with Crippen LogP contribution in [0.5, 0.6) is 0 Å². The van der Waals surface area contributed by atoms with Crippen LogP contribution in [0.25, 0.3) is 11.3 Å². The van der Waals surface area contributed by atoms with Gasteiger partial charge in [0.05, 0.1) is 5.69 Å². The molecule has 3 aromatic carbocycles. The van der Waals surface area contributed by atoms with E-state index in [9.17, 15) is 9.59 Å². The Labute approximate surface area is 195 Å². The van der Waals surface area contributed by atoms with E-state index in [0.717, 1.165) is 10.5 Å². The Bertz CT molecular complexity index is 1240. The average Bonchev–Trinajstić information content (AvgIpc) is 3.23. The highest BCUT2D eigenvalue weighted by molar-refractivity contribution is 7.99. The molecule has 4 rings (SSSR count). The molecule has 6 heteroatoms. The SMILES string of the molecule is CC(C)Sc1cccc(C(=O)Nc2nc(-c3ccccc3)c(C(=O)c3ccccc3)s2)c1. The summed E-state index contributed by atoms with van der Waals surface area (Å²) in [6.07, 6.45) is 0. The average molecular weight is 459 g/mol. The van der Waals surface area contributed by atoms with Crippen LogP contribution in [0.4, 0.5) is 5.13 Å². The van der Waals surface area contributed by atoms with Crippen LogP contribution in [0.2, 0.25) is 0 Å². The van der Waals surface area contributed by atoms with E-state index in [0.29, 0.717) is 32.1 Å². The van der Waals surface area contributed by atoms with Crippen molar-refractivity contribution in [2.24, 2.45) is 0 Å². The van der Waals surface area contributed by atoms with Crippen molar-refractivity contribution >= 4 is 39.9 Å². The van der Waals surface area contributed by atoms with Gasteiger partial charge in [-0.15, -0.1) is 11.8 Å². The van der Waals surface area contributed by atoms with Crippen molar-refractivity contribution in [3.8, 4) is 11.3 Å². The Morgan fingerprint density at radius 1 is 0.875 bits per heavy atom. The zero-order valence-electron chi connectivity index (χ0n) is 17.7. The van der Waals surface area contributed by atoms with Crippen molar-refractivity contribution in [2.75, 3.05) is 5.32 Å². The molecule has 1 N–H and O–H groups in total. The number of aromatic nitrogens is 1. The second kappa shape index (κ2) is 9.94. The number of carbonyl (C=O) groups is 2. The molecule has 0 aliphatic rings. The number of hydrogen-bond acceptors (Lipinski definition) is 5. The van der Waals surface area contributed by atoms with Gasteiger partial charge < -0.3 is 0 Å². The highest BCUT2D eigenvalue weighted by Gasteiger charge is 2.22. The first-order valence-corrected chi connectivity index (χ1v) is 11.9. The van der Waals surface area contributed by atoms with Crippen LogP contribution in [0, 0.1) is 0 Å². The van der Waals surface area contributed by atoms with Gasteiger partial charge in [-0.05, 0) is 18.2 Å². The van der Waals surface area contributed by atoms with Crippen LogP contribution < -0.4 is 5.32 Å². The van der Waals surface area contributed by atoms with E-state index in [1.165, 1.54) is 11.3 Å². The fourth-order valence-corrected chi connectivity index (χ4v) is 5.03. The molecule has 0 fully saturated rings. The van der Waals surface area contributed by atoms with Crippen LogP contribution in [-0.4, -0.2) is 21.9 Å². The van der Waals surface area contributed by atoms with Gasteiger partial charge in [0.2, 0.25) is 5.78 Å². The lowest BCUT2D eigenvalue weighted by Crippen LogP contribution is -2.11. The predicted molar refractivity (Wildman–Crippen MR) is 133 cm³/mol. The number of benzene rings is 3. The van der Waals surface area contributed by atoms with E-state index in [4.69, 9.17) is 0 Å². The number of anilines is 1. The third-order valence-electron chi connectivity index (χ3n) is 4.61. The Hall–Kier alpha value is -3.22. The maximum atomic E-state index is 13.2. The van der Waals surface area contributed by atoms with Crippen molar-refractivity contribution in [3.63, 3.8) is 0 Å². The molecule has 0 saturated carbocycles. The van der Waals surface area contributed by atoms with Gasteiger partial charge in [0.15, 0.2) is 5.13 Å². The number of amides is 1. The summed E-state index contributed by atoms with van der Waals surface area (Å²) in [5.74, 6) is -0.360. The Balaban J connectivity index is 1.66. The molecule has 4 aromatic rings. The Morgan fingerprint density at radius 3 is 2.22 bits per heavy atom. The molecule has 0 saturated heterocycles. The molecule has 0 aliphatic carbocycles. The minimum absolute atomic E-state index is 0.113. The molecule has 4 nitrogen and oxygen atoms in total. The fraction of sp³-hybridized carbons (Fsp3) is 0.115. The number of thiazole rings is 1. The van der Waals surface area contributed by atoms with Crippen molar-refractivity contribution in [1.82, 2.24) is 4.98 Å². The first-order chi connectivity index (χ1) is 15.5. The van der Waals surface area contributed by atoms with Crippen LogP contribution >= 0.6 is 23.1 Å².